The second-order valence-corrected chi connectivity index (χ2v) is 4.58. The van der Waals surface area contributed by atoms with E-state index in [0.717, 1.165) is 0 Å². The van der Waals surface area contributed by atoms with Gasteiger partial charge in [-0.15, -0.1) is 0 Å². The van der Waals surface area contributed by atoms with Crippen molar-refractivity contribution in [2.75, 3.05) is 17.2 Å². The lowest BCUT2D eigenvalue weighted by Gasteiger charge is -2.08. The Morgan fingerprint density at radius 3 is 2.36 bits per heavy atom. The number of benzene rings is 1. The number of hydrogen-bond donors (Lipinski definition) is 2. The summed E-state index contributed by atoms with van der Waals surface area (Å²) in [4.78, 5) is 27.2. The SMILES string of the molecule is CCOC(=O)Nc1ccc(NC(=O)c2cccnc2Cl)cc1. The lowest BCUT2D eigenvalue weighted by atomic mass is 10.2. The number of amides is 2. The molecular formula is C15H14ClN3O3. The topological polar surface area (TPSA) is 80.3 Å². The molecule has 0 unspecified atom stereocenters. The van der Waals surface area contributed by atoms with Crippen LogP contribution in [0.15, 0.2) is 42.6 Å². The Morgan fingerprint density at radius 1 is 1.14 bits per heavy atom. The van der Waals surface area contributed by atoms with Gasteiger partial charge in [0.15, 0.2) is 0 Å². The molecule has 0 saturated carbocycles. The number of pyridine rings is 1. The fourth-order valence-corrected chi connectivity index (χ4v) is 1.88. The van der Waals surface area contributed by atoms with Crippen LogP contribution < -0.4 is 10.6 Å². The van der Waals surface area contributed by atoms with Crippen molar-refractivity contribution in [2.45, 2.75) is 6.92 Å². The van der Waals surface area contributed by atoms with Crippen LogP contribution in [0.2, 0.25) is 5.15 Å². The zero-order valence-electron chi connectivity index (χ0n) is 11.8. The fourth-order valence-electron chi connectivity index (χ4n) is 1.68. The molecule has 0 saturated heterocycles. The third kappa shape index (κ3) is 4.20. The van der Waals surface area contributed by atoms with E-state index in [9.17, 15) is 9.59 Å². The number of hydrogen-bond acceptors (Lipinski definition) is 4. The minimum absolute atomic E-state index is 0.139. The second kappa shape index (κ2) is 7.42. The number of aromatic nitrogens is 1. The molecule has 0 fully saturated rings. The maximum absolute atomic E-state index is 12.1. The van der Waals surface area contributed by atoms with Crippen molar-refractivity contribution in [3.05, 3.63) is 53.3 Å². The summed E-state index contributed by atoms with van der Waals surface area (Å²) in [6, 6.07) is 9.83. The molecule has 7 heteroatoms. The molecule has 2 aromatic rings. The van der Waals surface area contributed by atoms with Gasteiger partial charge in [0.05, 0.1) is 12.2 Å². The zero-order chi connectivity index (χ0) is 15.9. The average molecular weight is 320 g/mol. The normalized spacial score (nSPS) is 9.91. The van der Waals surface area contributed by atoms with Gasteiger partial charge in [0.1, 0.15) is 5.15 Å². The molecule has 6 nitrogen and oxygen atoms in total. The highest BCUT2D eigenvalue weighted by atomic mass is 35.5. The number of halogens is 1. The molecule has 1 heterocycles. The van der Waals surface area contributed by atoms with Gasteiger partial charge < -0.3 is 10.1 Å². The molecule has 22 heavy (non-hydrogen) atoms. The monoisotopic (exact) mass is 319 g/mol. The average Bonchev–Trinajstić information content (AvgIpc) is 2.50. The third-order valence-electron chi connectivity index (χ3n) is 2.67. The van der Waals surface area contributed by atoms with Crippen molar-refractivity contribution in [3.63, 3.8) is 0 Å². The molecule has 2 rings (SSSR count). The van der Waals surface area contributed by atoms with Gasteiger partial charge in [-0.2, -0.15) is 0 Å². The summed E-state index contributed by atoms with van der Waals surface area (Å²) in [6.45, 7) is 2.02. The van der Waals surface area contributed by atoms with Crippen LogP contribution in [0.25, 0.3) is 0 Å². The Labute approximate surface area is 132 Å². The van der Waals surface area contributed by atoms with E-state index in [0.29, 0.717) is 18.0 Å². The molecule has 0 aliphatic carbocycles. The summed E-state index contributed by atoms with van der Waals surface area (Å²) >= 11 is 5.86. The van der Waals surface area contributed by atoms with E-state index < -0.39 is 6.09 Å². The van der Waals surface area contributed by atoms with Gasteiger partial charge >= 0.3 is 6.09 Å². The van der Waals surface area contributed by atoms with Crippen LogP contribution in [0.1, 0.15) is 17.3 Å². The van der Waals surface area contributed by atoms with Crippen LogP contribution in [0, 0.1) is 0 Å². The summed E-state index contributed by atoms with van der Waals surface area (Å²) in [5, 5.41) is 5.40. The Bertz CT molecular complexity index is 674. The van der Waals surface area contributed by atoms with Gasteiger partial charge in [-0.05, 0) is 43.3 Å². The third-order valence-corrected chi connectivity index (χ3v) is 2.97. The highest BCUT2D eigenvalue weighted by Crippen LogP contribution is 2.17. The van der Waals surface area contributed by atoms with Crippen molar-refractivity contribution in [3.8, 4) is 0 Å². The van der Waals surface area contributed by atoms with E-state index in [1.54, 1.807) is 43.3 Å². The van der Waals surface area contributed by atoms with E-state index in [-0.39, 0.29) is 16.6 Å². The summed E-state index contributed by atoms with van der Waals surface area (Å²) < 4.78 is 4.77. The molecule has 0 bridgehead atoms. The molecule has 0 aliphatic heterocycles. The highest BCUT2D eigenvalue weighted by Gasteiger charge is 2.11. The quantitative estimate of drug-likeness (QED) is 0.844. The smallest absolute Gasteiger partial charge is 0.411 e. The standard InChI is InChI=1S/C15H14ClN3O3/c1-2-22-15(21)19-11-7-5-10(6-8-11)18-14(20)12-4-3-9-17-13(12)16/h3-9H,2H2,1H3,(H,18,20)(H,19,21). The number of anilines is 2. The zero-order valence-corrected chi connectivity index (χ0v) is 12.6. The van der Waals surface area contributed by atoms with Gasteiger partial charge in [-0.25, -0.2) is 9.78 Å². The first-order chi connectivity index (χ1) is 10.6. The van der Waals surface area contributed by atoms with E-state index in [4.69, 9.17) is 16.3 Å². The molecule has 114 valence electrons. The van der Waals surface area contributed by atoms with Gasteiger partial charge in [0, 0.05) is 17.6 Å². The summed E-state index contributed by atoms with van der Waals surface area (Å²) in [7, 11) is 0. The lowest BCUT2D eigenvalue weighted by Crippen LogP contribution is -2.14. The first kappa shape index (κ1) is 15.8. The van der Waals surface area contributed by atoms with Crippen molar-refractivity contribution >= 4 is 35.0 Å². The van der Waals surface area contributed by atoms with Crippen molar-refractivity contribution in [1.82, 2.24) is 4.98 Å². The Hall–Kier alpha value is -2.60. The summed E-state index contributed by atoms with van der Waals surface area (Å²) in [5.41, 5.74) is 1.42. The predicted molar refractivity (Wildman–Crippen MR) is 84.3 cm³/mol. The van der Waals surface area contributed by atoms with Crippen LogP contribution >= 0.6 is 11.6 Å². The molecule has 2 amide bonds. The highest BCUT2D eigenvalue weighted by molar-refractivity contribution is 6.33. The Kier molecular flexibility index (Phi) is 5.32. The second-order valence-electron chi connectivity index (χ2n) is 4.22. The molecule has 1 aromatic carbocycles. The minimum atomic E-state index is -0.526. The Morgan fingerprint density at radius 2 is 1.77 bits per heavy atom. The number of ether oxygens (including phenoxy) is 1. The largest absolute Gasteiger partial charge is 0.450 e. The number of carbonyl (C=O) groups is 2. The molecule has 0 spiro atoms. The van der Waals surface area contributed by atoms with E-state index in [1.807, 2.05) is 0 Å². The van der Waals surface area contributed by atoms with Gasteiger partial charge in [0.2, 0.25) is 0 Å². The van der Waals surface area contributed by atoms with E-state index in [2.05, 4.69) is 15.6 Å². The molecule has 1 aromatic heterocycles. The molecule has 0 atom stereocenters. The predicted octanol–water partition coefficient (Wildman–Crippen LogP) is 3.56. The van der Waals surface area contributed by atoms with Crippen molar-refractivity contribution < 1.29 is 14.3 Å². The molecule has 2 N–H and O–H groups in total. The summed E-state index contributed by atoms with van der Waals surface area (Å²) in [5.74, 6) is -0.357. The van der Waals surface area contributed by atoms with E-state index >= 15 is 0 Å². The van der Waals surface area contributed by atoms with Crippen LogP contribution in [-0.4, -0.2) is 23.6 Å². The maximum atomic E-state index is 12.1. The molecule has 0 radical (unpaired) electrons. The molecular weight excluding hydrogens is 306 g/mol. The van der Waals surface area contributed by atoms with Crippen LogP contribution in [0.5, 0.6) is 0 Å². The van der Waals surface area contributed by atoms with Crippen molar-refractivity contribution in [1.29, 1.82) is 0 Å². The number of nitrogens with zero attached hydrogens (tertiary/aromatic N) is 1. The van der Waals surface area contributed by atoms with Crippen LogP contribution in [0.3, 0.4) is 0 Å². The van der Waals surface area contributed by atoms with Crippen LogP contribution in [-0.2, 0) is 4.74 Å². The number of carbonyl (C=O) groups excluding carboxylic acids is 2. The van der Waals surface area contributed by atoms with Crippen LogP contribution in [0.4, 0.5) is 16.2 Å². The first-order valence-electron chi connectivity index (χ1n) is 6.56. The number of rotatable bonds is 4. The number of nitrogens with one attached hydrogen (secondary N) is 2. The minimum Gasteiger partial charge on any atom is -0.450 e. The van der Waals surface area contributed by atoms with Crippen molar-refractivity contribution in [2.24, 2.45) is 0 Å². The lowest BCUT2D eigenvalue weighted by molar-refractivity contribution is 0.102. The van der Waals surface area contributed by atoms with Gasteiger partial charge in [-0.3, -0.25) is 10.1 Å². The molecule has 0 aliphatic rings. The van der Waals surface area contributed by atoms with Gasteiger partial charge in [0.25, 0.3) is 5.91 Å². The first-order valence-corrected chi connectivity index (χ1v) is 6.93. The fraction of sp³-hybridized carbons (Fsp3) is 0.133. The summed E-state index contributed by atoms with van der Waals surface area (Å²) in [6.07, 6.45) is 0.982. The van der Waals surface area contributed by atoms with Gasteiger partial charge in [-0.1, -0.05) is 11.6 Å². The Balaban J connectivity index is 2.01. The van der Waals surface area contributed by atoms with E-state index in [1.165, 1.54) is 6.20 Å². The maximum Gasteiger partial charge on any atom is 0.411 e.